The number of benzene rings is 1. The largest absolute Gasteiger partial charge is 0.507 e. The van der Waals surface area contributed by atoms with Crippen molar-refractivity contribution in [2.24, 2.45) is 5.92 Å². The van der Waals surface area contributed by atoms with Crippen LogP contribution in [0.15, 0.2) is 23.8 Å². The predicted octanol–water partition coefficient (Wildman–Crippen LogP) is 5.19. The first-order chi connectivity index (χ1) is 12.3. The molecule has 0 spiro atoms. The molecule has 0 fully saturated rings. The first-order valence-corrected chi connectivity index (χ1v) is 9.72. The second-order valence-corrected chi connectivity index (χ2v) is 8.37. The van der Waals surface area contributed by atoms with E-state index in [1.54, 1.807) is 0 Å². The molecule has 4 heteroatoms. The Morgan fingerprint density at radius 2 is 2.04 bits per heavy atom. The van der Waals surface area contributed by atoms with Gasteiger partial charge in [-0.2, -0.15) is 0 Å². The van der Waals surface area contributed by atoms with Crippen LogP contribution in [0.25, 0.3) is 0 Å². The van der Waals surface area contributed by atoms with Gasteiger partial charge >= 0.3 is 5.97 Å². The van der Waals surface area contributed by atoms with Gasteiger partial charge in [0.2, 0.25) is 0 Å². The molecule has 0 saturated heterocycles. The molecule has 2 aliphatic rings. The minimum absolute atomic E-state index is 0.215. The third kappa shape index (κ3) is 3.89. The Morgan fingerprint density at radius 3 is 2.77 bits per heavy atom. The van der Waals surface area contributed by atoms with Crippen LogP contribution in [-0.2, 0) is 11.2 Å². The molecule has 26 heavy (non-hydrogen) atoms. The van der Waals surface area contributed by atoms with Crippen molar-refractivity contribution in [3.8, 4) is 11.5 Å². The van der Waals surface area contributed by atoms with Gasteiger partial charge in [-0.1, -0.05) is 18.1 Å². The van der Waals surface area contributed by atoms with Gasteiger partial charge in [-0.3, -0.25) is 4.79 Å². The maximum absolute atomic E-state index is 10.7. The van der Waals surface area contributed by atoms with E-state index in [1.807, 2.05) is 6.07 Å². The second-order valence-electron chi connectivity index (χ2n) is 8.37. The summed E-state index contributed by atoms with van der Waals surface area (Å²) in [4.78, 5) is 10.6. The lowest BCUT2D eigenvalue weighted by molar-refractivity contribution is -0.137. The molecule has 0 unspecified atom stereocenters. The molecule has 0 bridgehead atoms. The Morgan fingerprint density at radius 1 is 1.27 bits per heavy atom. The summed E-state index contributed by atoms with van der Waals surface area (Å²) in [6.07, 6.45) is 8.03. The number of ether oxygens (including phenoxy) is 1. The Hall–Kier alpha value is -1.97. The van der Waals surface area contributed by atoms with Gasteiger partial charge in [-0.25, -0.2) is 0 Å². The van der Waals surface area contributed by atoms with Crippen LogP contribution in [0.4, 0.5) is 0 Å². The van der Waals surface area contributed by atoms with E-state index in [-0.39, 0.29) is 17.9 Å². The van der Waals surface area contributed by atoms with Gasteiger partial charge in [0, 0.05) is 23.8 Å². The summed E-state index contributed by atoms with van der Waals surface area (Å²) in [6, 6.07) is 3.94. The SMILES string of the molecule is CC1=C[C@H]2c3c(O)cc(CCCCCC(=O)O)cc3OC(C)(C)[C@@H]2CC1. The normalized spacial score (nSPS) is 23.4. The van der Waals surface area contributed by atoms with Crippen molar-refractivity contribution in [2.45, 2.75) is 77.2 Å². The van der Waals surface area contributed by atoms with Crippen molar-refractivity contribution < 1.29 is 19.7 Å². The molecule has 0 saturated carbocycles. The van der Waals surface area contributed by atoms with E-state index < -0.39 is 5.97 Å². The van der Waals surface area contributed by atoms with E-state index in [1.165, 1.54) is 5.57 Å². The van der Waals surface area contributed by atoms with Crippen molar-refractivity contribution in [1.82, 2.24) is 0 Å². The maximum atomic E-state index is 10.7. The number of carboxylic acids is 1. The number of allylic oxidation sites excluding steroid dienone is 2. The fourth-order valence-corrected chi connectivity index (χ4v) is 4.51. The summed E-state index contributed by atoms with van der Waals surface area (Å²) >= 11 is 0. The Kier molecular flexibility index (Phi) is 5.31. The van der Waals surface area contributed by atoms with E-state index in [0.29, 0.717) is 18.1 Å². The number of carbonyl (C=O) groups is 1. The van der Waals surface area contributed by atoms with Crippen molar-refractivity contribution in [2.75, 3.05) is 0 Å². The minimum Gasteiger partial charge on any atom is -0.507 e. The molecule has 0 radical (unpaired) electrons. The van der Waals surface area contributed by atoms with Crippen molar-refractivity contribution in [3.05, 3.63) is 34.9 Å². The fraction of sp³-hybridized carbons (Fsp3) is 0.591. The van der Waals surface area contributed by atoms with Crippen LogP contribution < -0.4 is 4.74 Å². The number of carboxylic acid groups (broad SMARTS) is 1. The number of phenols is 1. The van der Waals surface area contributed by atoms with Crippen LogP contribution in [0.2, 0.25) is 0 Å². The molecular formula is C22H30O4. The van der Waals surface area contributed by atoms with Crippen LogP contribution >= 0.6 is 0 Å². The van der Waals surface area contributed by atoms with Gasteiger partial charge in [-0.15, -0.1) is 0 Å². The number of aryl methyl sites for hydroxylation is 1. The Balaban J connectivity index is 1.79. The third-order valence-corrected chi connectivity index (χ3v) is 5.88. The molecule has 1 aliphatic carbocycles. The average Bonchev–Trinajstić information content (AvgIpc) is 2.52. The molecule has 142 valence electrons. The summed E-state index contributed by atoms with van der Waals surface area (Å²) in [7, 11) is 0. The van der Waals surface area contributed by atoms with Crippen LogP contribution in [0.5, 0.6) is 11.5 Å². The lowest BCUT2D eigenvalue weighted by Crippen LogP contribution is -2.45. The second kappa shape index (κ2) is 7.34. The monoisotopic (exact) mass is 358 g/mol. The Labute approximate surface area is 155 Å². The highest BCUT2D eigenvalue weighted by atomic mass is 16.5. The lowest BCUT2D eigenvalue weighted by atomic mass is 9.68. The topological polar surface area (TPSA) is 66.8 Å². The number of unbranched alkanes of at least 4 members (excludes halogenated alkanes) is 2. The number of phenolic OH excluding ortho intramolecular Hbond substituents is 1. The maximum Gasteiger partial charge on any atom is 0.303 e. The summed E-state index contributed by atoms with van der Waals surface area (Å²) in [5.41, 5.74) is 3.13. The quantitative estimate of drug-likeness (QED) is 0.542. The highest BCUT2D eigenvalue weighted by Gasteiger charge is 2.45. The molecule has 2 atom stereocenters. The zero-order valence-corrected chi connectivity index (χ0v) is 16.0. The van der Waals surface area contributed by atoms with Crippen LogP contribution in [0.3, 0.4) is 0 Å². The van der Waals surface area contributed by atoms with E-state index in [9.17, 15) is 9.90 Å². The van der Waals surface area contributed by atoms with E-state index >= 15 is 0 Å². The summed E-state index contributed by atoms with van der Waals surface area (Å²) < 4.78 is 6.34. The smallest absolute Gasteiger partial charge is 0.303 e. The van der Waals surface area contributed by atoms with E-state index in [0.717, 1.165) is 49.0 Å². The molecule has 3 rings (SSSR count). The average molecular weight is 358 g/mol. The predicted molar refractivity (Wildman–Crippen MR) is 102 cm³/mol. The van der Waals surface area contributed by atoms with Crippen LogP contribution in [0, 0.1) is 5.92 Å². The van der Waals surface area contributed by atoms with Gasteiger partial charge < -0.3 is 14.9 Å². The van der Waals surface area contributed by atoms with Gasteiger partial charge in [0.05, 0.1) is 0 Å². The van der Waals surface area contributed by atoms with Crippen molar-refractivity contribution >= 4 is 5.97 Å². The van der Waals surface area contributed by atoms with Crippen LogP contribution in [-0.4, -0.2) is 21.8 Å². The molecule has 1 heterocycles. The fourth-order valence-electron chi connectivity index (χ4n) is 4.51. The molecule has 1 aromatic carbocycles. The van der Waals surface area contributed by atoms with Gasteiger partial charge in [0.15, 0.2) is 0 Å². The van der Waals surface area contributed by atoms with Crippen LogP contribution in [0.1, 0.15) is 76.3 Å². The molecule has 1 aromatic rings. The number of aliphatic carboxylic acids is 1. The molecular weight excluding hydrogens is 328 g/mol. The van der Waals surface area contributed by atoms with Crippen molar-refractivity contribution in [1.29, 1.82) is 0 Å². The summed E-state index contributed by atoms with van der Waals surface area (Å²) in [6.45, 7) is 6.47. The minimum atomic E-state index is -0.738. The zero-order chi connectivity index (χ0) is 18.9. The summed E-state index contributed by atoms with van der Waals surface area (Å²) in [5, 5.41) is 19.4. The number of hydrogen-bond donors (Lipinski definition) is 2. The molecule has 1 aliphatic heterocycles. The number of aromatic hydroxyl groups is 1. The first kappa shape index (κ1) is 18.8. The number of rotatable bonds is 6. The number of hydrogen-bond acceptors (Lipinski definition) is 3. The standard InChI is InChI=1S/C22H30O4/c1-14-9-10-17-16(11-14)21-18(23)12-15(7-5-4-6-8-20(24)25)13-19(21)26-22(17,2)3/h11-13,16-17,23H,4-10H2,1-3H3,(H,24,25)/t16-,17-/m1/s1. The zero-order valence-electron chi connectivity index (χ0n) is 16.0. The Bertz CT molecular complexity index is 717. The number of fused-ring (bicyclic) bond motifs is 3. The molecule has 2 N–H and O–H groups in total. The highest BCUT2D eigenvalue weighted by Crippen LogP contribution is 2.53. The third-order valence-electron chi connectivity index (χ3n) is 5.88. The summed E-state index contributed by atoms with van der Waals surface area (Å²) in [5.74, 6) is 0.998. The van der Waals surface area contributed by atoms with Gasteiger partial charge in [-0.05, 0) is 70.6 Å². The van der Waals surface area contributed by atoms with Crippen molar-refractivity contribution in [3.63, 3.8) is 0 Å². The van der Waals surface area contributed by atoms with E-state index in [2.05, 4.69) is 32.9 Å². The first-order valence-electron chi connectivity index (χ1n) is 9.72. The highest BCUT2D eigenvalue weighted by molar-refractivity contribution is 5.66. The molecule has 0 amide bonds. The van der Waals surface area contributed by atoms with E-state index in [4.69, 9.17) is 9.84 Å². The lowest BCUT2D eigenvalue weighted by Gasteiger charge is -2.46. The van der Waals surface area contributed by atoms with Gasteiger partial charge in [0.25, 0.3) is 0 Å². The molecule has 0 aromatic heterocycles. The molecule has 4 nitrogen and oxygen atoms in total. The van der Waals surface area contributed by atoms with Gasteiger partial charge in [0.1, 0.15) is 17.1 Å².